The van der Waals surface area contributed by atoms with Crippen LogP contribution in [0.15, 0.2) is 6.20 Å². The van der Waals surface area contributed by atoms with Gasteiger partial charge in [0.25, 0.3) is 0 Å². The lowest BCUT2D eigenvalue weighted by molar-refractivity contribution is -0.119. The van der Waals surface area contributed by atoms with Crippen LogP contribution in [0.2, 0.25) is 30.1 Å². The molecule has 0 fully saturated rings. The number of hydrogen-bond donors (Lipinski definition) is 4. The van der Waals surface area contributed by atoms with Crippen LogP contribution in [0.1, 0.15) is 37.3 Å². The van der Waals surface area contributed by atoms with Crippen molar-refractivity contribution < 1.29 is 19.1 Å². The average molecular weight is 673 g/mol. The van der Waals surface area contributed by atoms with Gasteiger partial charge in [0.2, 0.25) is 11.8 Å². The summed E-state index contributed by atoms with van der Waals surface area (Å²) in [6.07, 6.45) is 3.20. The van der Waals surface area contributed by atoms with Crippen molar-refractivity contribution >= 4 is 98.0 Å². The SMILES string of the molecule is COc1c(Cl)c(Cl)c2[nH]cc(CCNC(C)=O)c2c1Cl.COc1c(Cl)c(Cl)c2c(c1Cl)C(CCNC(C)=O)CN2. The Morgan fingerprint density at radius 2 is 1.43 bits per heavy atom. The number of carbonyl (C=O) groups is 2. The van der Waals surface area contributed by atoms with Gasteiger partial charge < -0.3 is 30.4 Å². The zero-order valence-corrected chi connectivity index (χ0v) is 26.6. The number of methoxy groups -OCH3 is 2. The van der Waals surface area contributed by atoms with Crippen LogP contribution in [0.3, 0.4) is 0 Å². The molecular weight excluding hydrogens is 645 g/mol. The summed E-state index contributed by atoms with van der Waals surface area (Å²) in [6, 6.07) is 0. The number of halogens is 6. The van der Waals surface area contributed by atoms with Gasteiger partial charge in [0.15, 0.2) is 11.5 Å². The molecule has 0 aliphatic carbocycles. The van der Waals surface area contributed by atoms with Gasteiger partial charge in [0.05, 0.1) is 45.5 Å². The molecule has 14 heteroatoms. The normalized spacial score (nSPS) is 13.7. The number of anilines is 1. The van der Waals surface area contributed by atoms with E-state index in [0.717, 1.165) is 28.6 Å². The summed E-state index contributed by atoms with van der Waals surface area (Å²) in [7, 11) is 2.99. The molecule has 1 aliphatic heterocycles. The monoisotopic (exact) mass is 670 g/mol. The van der Waals surface area contributed by atoms with E-state index in [1.807, 2.05) is 0 Å². The minimum absolute atomic E-state index is 0.0472. The van der Waals surface area contributed by atoms with Crippen LogP contribution >= 0.6 is 69.6 Å². The second-order valence-electron chi connectivity index (χ2n) is 8.89. The highest BCUT2D eigenvalue weighted by atomic mass is 35.5. The third-order valence-corrected chi connectivity index (χ3v) is 8.69. The van der Waals surface area contributed by atoms with Crippen molar-refractivity contribution in [3.05, 3.63) is 47.5 Å². The number of nitrogens with one attached hydrogen (secondary N) is 4. The first-order valence-corrected chi connectivity index (χ1v) is 14.4. The fourth-order valence-electron chi connectivity index (χ4n) is 4.44. The van der Waals surface area contributed by atoms with E-state index in [4.69, 9.17) is 79.1 Å². The average Bonchev–Trinajstić information content (AvgIpc) is 3.52. The molecule has 2 heterocycles. The highest BCUT2D eigenvalue weighted by Gasteiger charge is 2.31. The molecule has 2 aromatic carbocycles. The highest BCUT2D eigenvalue weighted by Crippen LogP contribution is 2.52. The molecule has 0 spiro atoms. The van der Waals surface area contributed by atoms with Crippen molar-refractivity contribution in [3.8, 4) is 11.5 Å². The van der Waals surface area contributed by atoms with Crippen molar-refractivity contribution in [1.29, 1.82) is 0 Å². The Morgan fingerprint density at radius 3 is 2.02 bits per heavy atom. The number of carbonyl (C=O) groups excluding carboxylic acids is 2. The molecule has 0 saturated carbocycles. The van der Waals surface area contributed by atoms with Gasteiger partial charge in [0.1, 0.15) is 10.0 Å². The van der Waals surface area contributed by atoms with Crippen molar-refractivity contribution in [2.24, 2.45) is 0 Å². The number of H-pyrrole nitrogens is 1. The van der Waals surface area contributed by atoms with Crippen LogP contribution in [0, 0.1) is 0 Å². The minimum atomic E-state index is -0.0744. The first-order valence-electron chi connectivity index (χ1n) is 12.1. The number of amides is 2. The summed E-state index contributed by atoms with van der Waals surface area (Å²) < 4.78 is 10.4. The molecule has 2 amide bonds. The predicted molar refractivity (Wildman–Crippen MR) is 165 cm³/mol. The van der Waals surface area contributed by atoms with E-state index in [1.165, 1.54) is 28.1 Å². The zero-order chi connectivity index (χ0) is 29.7. The first kappa shape index (κ1) is 32.6. The Kier molecular flexibility index (Phi) is 11.6. The van der Waals surface area contributed by atoms with E-state index in [9.17, 15) is 9.59 Å². The molecule has 4 rings (SSSR count). The summed E-state index contributed by atoms with van der Waals surface area (Å²) >= 11 is 37.4. The second kappa shape index (κ2) is 14.3. The lowest BCUT2D eigenvalue weighted by atomic mass is 9.97. The lowest BCUT2D eigenvalue weighted by Crippen LogP contribution is -2.23. The molecule has 4 N–H and O–H groups in total. The molecule has 8 nitrogen and oxygen atoms in total. The van der Waals surface area contributed by atoms with Gasteiger partial charge in [-0.05, 0) is 18.4 Å². The van der Waals surface area contributed by atoms with Crippen LogP contribution in [0.5, 0.6) is 11.5 Å². The van der Waals surface area contributed by atoms with Gasteiger partial charge in [-0.3, -0.25) is 9.59 Å². The van der Waals surface area contributed by atoms with E-state index < -0.39 is 0 Å². The van der Waals surface area contributed by atoms with Crippen molar-refractivity contribution in [2.45, 2.75) is 32.6 Å². The lowest BCUT2D eigenvalue weighted by Gasteiger charge is -2.16. The van der Waals surface area contributed by atoms with E-state index in [2.05, 4.69) is 20.9 Å². The Hall–Kier alpha value is -1.94. The third kappa shape index (κ3) is 6.92. The third-order valence-electron chi connectivity index (χ3n) is 6.29. The molecule has 40 heavy (non-hydrogen) atoms. The molecule has 1 aliphatic rings. The Labute approximate surface area is 262 Å². The van der Waals surface area contributed by atoms with E-state index >= 15 is 0 Å². The molecule has 1 atom stereocenters. The van der Waals surface area contributed by atoms with Crippen molar-refractivity contribution in [3.63, 3.8) is 0 Å². The van der Waals surface area contributed by atoms with Crippen molar-refractivity contribution in [2.75, 3.05) is 39.2 Å². The fourth-order valence-corrected chi connectivity index (χ4v) is 6.37. The number of ether oxygens (including phenoxy) is 2. The summed E-state index contributed by atoms with van der Waals surface area (Å²) in [5.74, 6) is 0.785. The first-order chi connectivity index (χ1) is 18.9. The van der Waals surface area contributed by atoms with E-state index in [0.29, 0.717) is 68.2 Å². The van der Waals surface area contributed by atoms with Gasteiger partial charge in [-0.15, -0.1) is 0 Å². The van der Waals surface area contributed by atoms with Crippen LogP contribution in [0.4, 0.5) is 5.69 Å². The summed E-state index contributed by atoms with van der Waals surface area (Å²) in [5.41, 5.74) is 3.27. The molecule has 1 unspecified atom stereocenters. The maximum Gasteiger partial charge on any atom is 0.216 e. The predicted octanol–water partition coefficient (Wildman–Crippen LogP) is 7.51. The van der Waals surface area contributed by atoms with Crippen LogP contribution in [-0.4, -0.2) is 50.7 Å². The number of aromatic amines is 1. The number of aromatic nitrogens is 1. The number of rotatable bonds is 8. The van der Waals surface area contributed by atoms with Gasteiger partial charge >= 0.3 is 0 Å². The quantitative estimate of drug-likeness (QED) is 0.186. The van der Waals surface area contributed by atoms with Crippen molar-refractivity contribution in [1.82, 2.24) is 15.6 Å². The molecule has 0 saturated heterocycles. The van der Waals surface area contributed by atoms with Gasteiger partial charge in [-0.2, -0.15) is 0 Å². The standard InChI is InChI=1S/C13H15Cl3N2O2.C13H13Cl3N2O2/c2*1-6(19)17-4-3-7-5-18-12-8(7)9(14)13(20-2)11(16)10(12)15/h7,18H,3-5H2,1-2H3,(H,17,19);5,18H,3-4H2,1-2H3,(H,17,19). The molecule has 218 valence electrons. The minimum Gasteiger partial charge on any atom is -0.494 e. The van der Waals surface area contributed by atoms with Gasteiger partial charge in [0, 0.05) is 56.5 Å². The Balaban J connectivity index is 0.000000220. The highest BCUT2D eigenvalue weighted by molar-refractivity contribution is 6.49. The zero-order valence-electron chi connectivity index (χ0n) is 22.1. The fraction of sp³-hybridized carbons (Fsp3) is 0.385. The summed E-state index contributed by atoms with van der Waals surface area (Å²) in [4.78, 5) is 24.9. The van der Waals surface area contributed by atoms with Crippen LogP contribution in [-0.2, 0) is 16.0 Å². The second-order valence-corrected chi connectivity index (χ2v) is 11.2. The smallest absolute Gasteiger partial charge is 0.216 e. The van der Waals surface area contributed by atoms with E-state index in [1.54, 1.807) is 6.20 Å². The Bertz CT molecular complexity index is 1430. The maximum atomic E-state index is 10.9. The molecular formula is C26H28Cl6N4O4. The molecule has 3 aromatic rings. The van der Waals surface area contributed by atoms with Gasteiger partial charge in [-0.25, -0.2) is 0 Å². The van der Waals surface area contributed by atoms with Crippen LogP contribution < -0.4 is 25.4 Å². The molecule has 0 radical (unpaired) electrons. The van der Waals surface area contributed by atoms with Crippen LogP contribution in [0.25, 0.3) is 10.9 Å². The molecule has 0 bridgehead atoms. The summed E-state index contributed by atoms with van der Waals surface area (Å²) in [6.45, 7) is 4.77. The largest absolute Gasteiger partial charge is 0.494 e. The topological polar surface area (TPSA) is 104 Å². The van der Waals surface area contributed by atoms with Gasteiger partial charge in [-0.1, -0.05) is 69.6 Å². The van der Waals surface area contributed by atoms with E-state index in [-0.39, 0.29) is 22.8 Å². The number of hydrogen-bond acceptors (Lipinski definition) is 5. The Morgan fingerprint density at radius 1 is 0.850 bits per heavy atom. The number of benzene rings is 2. The maximum absolute atomic E-state index is 10.9. The number of fused-ring (bicyclic) bond motifs is 2. The molecule has 1 aromatic heterocycles. The summed E-state index contributed by atoms with van der Waals surface area (Å²) in [5, 5.41) is 11.8.